The zero-order valence-electron chi connectivity index (χ0n) is 17.1. The minimum absolute atomic E-state index is 0.259. The van der Waals surface area contributed by atoms with Crippen molar-refractivity contribution in [2.45, 2.75) is 30.8 Å². The van der Waals surface area contributed by atoms with Crippen LogP contribution in [-0.4, -0.2) is 66.1 Å². The molecular weight excluding hydrogens is 440 g/mol. The minimum Gasteiger partial charge on any atom is -0.472 e. The van der Waals surface area contributed by atoms with E-state index < -0.39 is 15.7 Å². The lowest BCUT2D eigenvalue weighted by atomic mass is 10.1. The number of aromatic nitrogens is 1. The van der Waals surface area contributed by atoms with Crippen molar-refractivity contribution in [3.63, 3.8) is 0 Å². The van der Waals surface area contributed by atoms with Crippen LogP contribution in [0.15, 0.2) is 39.7 Å². The van der Waals surface area contributed by atoms with Gasteiger partial charge in [0.05, 0.1) is 47.4 Å². The number of rotatable bonds is 3. The lowest BCUT2D eigenvalue weighted by molar-refractivity contribution is 0.00558. The molecule has 3 aliphatic heterocycles. The van der Waals surface area contributed by atoms with E-state index in [0.29, 0.717) is 35.3 Å². The number of ether oxygens (including phenoxy) is 3. The average Bonchev–Trinajstić information content (AvgIpc) is 3.38. The molecule has 8 nitrogen and oxygen atoms in total. The Labute approximate surface area is 185 Å². The average molecular weight is 463 g/mol. The summed E-state index contributed by atoms with van der Waals surface area (Å²) < 4.78 is 29.7. The first-order chi connectivity index (χ1) is 14.8. The van der Waals surface area contributed by atoms with E-state index in [0.717, 1.165) is 16.9 Å². The third kappa shape index (κ3) is 4.20. The molecule has 0 spiro atoms. The maximum absolute atomic E-state index is 9.89. The molecule has 164 valence electrons. The van der Waals surface area contributed by atoms with Crippen LogP contribution in [0.1, 0.15) is 5.69 Å². The Morgan fingerprint density at radius 2 is 1.94 bits per heavy atom. The molecule has 2 saturated heterocycles. The van der Waals surface area contributed by atoms with Crippen LogP contribution >= 0.6 is 11.6 Å². The molecule has 2 aromatic rings. The van der Waals surface area contributed by atoms with Gasteiger partial charge in [0.15, 0.2) is 12.0 Å². The van der Waals surface area contributed by atoms with Crippen LogP contribution in [0.25, 0.3) is 11.3 Å². The van der Waals surface area contributed by atoms with Crippen LogP contribution in [-0.2, 0) is 30.3 Å². The number of aliphatic hydroxyl groups is 1. The Morgan fingerprint density at radius 3 is 2.68 bits per heavy atom. The van der Waals surface area contributed by atoms with Crippen LogP contribution in [0.4, 0.5) is 11.4 Å². The molecule has 4 heterocycles. The molecule has 0 amide bonds. The highest BCUT2D eigenvalue weighted by molar-refractivity contribution is 7.93. The number of nitrogens with zero attached hydrogens (tertiary/aromatic N) is 3. The van der Waals surface area contributed by atoms with Gasteiger partial charge in [-0.2, -0.15) is 0 Å². The van der Waals surface area contributed by atoms with Crippen molar-refractivity contribution in [3.05, 3.63) is 41.0 Å². The van der Waals surface area contributed by atoms with Crippen molar-refractivity contribution < 1.29 is 19.3 Å². The highest BCUT2D eigenvalue weighted by Gasteiger charge is 2.48. The zero-order valence-corrected chi connectivity index (χ0v) is 18.7. The molecule has 2 fully saturated rings. The van der Waals surface area contributed by atoms with Gasteiger partial charge in [0.2, 0.25) is 0 Å². The van der Waals surface area contributed by atoms with Crippen molar-refractivity contribution in [2.24, 2.45) is 9.36 Å². The third-order valence-corrected chi connectivity index (χ3v) is 6.29. The summed E-state index contributed by atoms with van der Waals surface area (Å²) in [6.07, 6.45) is 2.55. The van der Waals surface area contributed by atoms with E-state index in [4.69, 9.17) is 35.6 Å². The fourth-order valence-electron chi connectivity index (χ4n) is 4.00. The SMILES string of the molecule is CS(C)(=N)=Nc1ccc(-c2nc3c(cc2Cl)N=C(O[C@@H]2CO[C@H]4[C@@H]2OC[C@H]4O)C3)cc1. The third-order valence-electron chi connectivity index (χ3n) is 5.34. The van der Waals surface area contributed by atoms with Gasteiger partial charge in [-0.25, -0.2) is 14.3 Å². The summed E-state index contributed by atoms with van der Waals surface area (Å²) in [5.74, 6) is 0.546. The topological polar surface area (TPSA) is 109 Å². The van der Waals surface area contributed by atoms with Crippen molar-refractivity contribution in [1.82, 2.24) is 4.98 Å². The van der Waals surface area contributed by atoms with Crippen molar-refractivity contribution >= 4 is 38.5 Å². The molecule has 0 radical (unpaired) electrons. The second-order valence-corrected chi connectivity index (χ2v) is 11.3. The molecule has 1 aromatic carbocycles. The van der Waals surface area contributed by atoms with Crippen molar-refractivity contribution in [1.29, 1.82) is 4.78 Å². The Balaban J connectivity index is 1.33. The largest absolute Gasteiger partial charge is 0.472 e. The van der Waals surface area contributed by atoms with Gasteiger partial charge >= 0.3 is 0 Å². The summed E-state index contributed by atoms with van der Waals surface area (Å²) in [5, 5.41) is 10.4. The molecule has 10 heteroatoms. The second kappa shape index (κ2) is 7.83. The van der Waals surface area contributed by atoms with Gasteiger partial charge in [0.25, 0.3) is 0 Å². The lowest BCUT2D eigenvalue weighted by Crippen LogP contribution is -2.34. The van der Waals surface area contributed by atoms with Gasteiger partial charge in [0.1, 0.15) is 18.3 Å². The standard InChI is InChI=1S/C21H23ClN4O4S/c1-31(2,23)26-12-5-3-11(4-6-12)19-13(22)7-14-15(25-19)8-18(24-14)30-17-10-29-20-16(27)9-28-21(17)20/h3-7,16-17,20-21,23,27H,8-10H2,1-2H3/t16-,17-,20-,21-/m1/s1. The van der Waals surface area contributed by atoms with E-state index in [-0.39, 0.29) is 24.9 Å². The number of fused-ring (bicyclic) bond motifs is 2. The van der Waals surface area contributed by atoms with E-state index in [1.54, 1.807) is 6.07 Å². The van der Waals surface area contributed by atoms with Crippen LogP contribution in [0.3, 0.4) is 0 Å². The number of aliphatic hydroxyl groups excluding tert-OH is 1. The molecule has 3 aliphatic rings. The molecule has 4 atom stereocenters. The van der Waals surface area contributed by atoms with Crippen LogP contribution < -0.4 is 0 Å². The van der Waals surface area contributed by atoms with Gasteiger partial charge in [-0.1, -0.05) is 33.4 Å². The number of nitrogens with one attached hydrogen (secondary N) is 1. The Bertz CT molecular complexity index is 1170. The number of pyridine rings is 1. The normalized spacial score (nSPS) is 27.0. The molecule has 5 rings (SSSR count). The highest BCUT2D eigenvalue weighted by Crippen LogP contribution is 2.36. The number of halogens is 1. The van der Waals surface area contributed by atoms with Gasteiger partial charge in [-0.05, 0) is 18.2 Å². The van der Waals surface area contributed by atoms with Crippen molar-refractivity contribution in [2.75, 3.05) is 25.7 Å². The first kappa shape index (κ1) is 20.8. The molecular formula is C21H23ClN4O4S. The first-order valence-electron chi connectivity index (χ1n) is 9.93. The highest BCUT2D eigenvalue weighted by atomic mass is 35.5. The Morgan fingerprint density at radius 1 is 1.19 bits per heavy atom. The summed E-state index contributed by atoms with van der Waals surface area (Å²) >= 11 is 6.51. The van der Waals surface area contributed by atoms with E-state index in [9.17, 15) is 5.11 Å². The monoisotopic (exact) mass is 462 g/mol. The summed E-state index contributed by atoms with van der Waals surface area (Å²) in [4.78, 5) is 9.28. The predicted molar refractivity (Wildman–Crippen MR) is 120 cm³/mol. The van der Waals surface area contributed by atoms with Gasteiger partial charge < -0.3 is 19.3 Å². The van der Waals surface area contributed by atoms with Crippen molar-refractivity contribution in [3.8, 4) is 11.3 Å². The smallest absolute Gasteiger partial charge is 0.195 e. The Kier molecular flexibility index (Phi) is 5.26. The number of benzene rings is 1. The maximum Gasteiger partial charge on any atom is 0.195 e. The number of aliphatic imine (C=N–C) groups is 1. The molecule has 0 bridgehead atoms. The fourth-order valence-corrected chi connectivity index (χ4v) is 4.90. The number of hydrogen-bond acceptors (Lipinski definition) is 8. The van der Waals surface area contributed by atoms with Gasteiger partial charge in [-0.3, -0.25) is 4.78 Å². The molecule has 0 saturated carbocycles. The number of hydrogen-bond donors (Lipinski definition) is 2. The summed E-state index contributed by atoms with van der Waals surface area (Å²) in [5.41, 5.74) is 3.80. The molecule has 2 N–H and O–H groups in total. The Hall–Kier alpha value is -2.04. The predicted octanol–water partition coefficient (Wildman–Crippen LogP) is 3.52. The summed E-state index contributed by atoms with van der Waals surface area (Å²) in [6.45, 7) is 0.616. The van der Waals surface area contributed by atoms with E-state index in [1.807, 2.05) is 36.8 Å². The van der Waals surface area contributed by atoms with E-state index >= 15 is 0 Å². The van der Waals surface area contributed by atoms with Crippen LogP contribution in [0.2, 0.25) is 5.02 Å². The summed E-state index contributed by atoms with van der Waals surface area (Å²) in [6, 6.07) is 9.38. The second-order valence-electron chi connectivity index (χ2n) is 8.20. The van der Waals surface area contributed by atoms with Crippen LogP contribution in [0, 0.1) is 4.78 Å². The first-order valence-corrected chi connectivity index (χ1v) is 12.7. The summed E-state index contributed by atoms with van der Waals surface area (Å²) in [7, 11) is -1.72. The van der Waals surface area contributed by atoms with E-state index in [1.165, 1.54) is 0 Å². The quantitative estimate of drug-likeness (QED) is 0.725. The minimum atomic E-state index is -1.72. The van der Waals surface area contributed by atoms with Gasteiger partial charge in [0, 0.05) is 18.1 Å². The molecule has 31 heavy (non-hydrogen) atoms. The molecule has 1 aromatic heterocycles. The fraction of sp³-hybridized carbons (Fsp3) is 0.429. The molecule has 0 aliphatic carbocycles. The van der Waals surface area contributed by atoms with E-state index in [2.05, 4.69) is 9.36 Å². The van der Waals surface area contributed by atoms with Crippen LogP contribution in [0.5, 0.6) is 0 Å². The maximum atomic E-state index is 9.89. The zero-order chi connectivity index (χ0) is 21.8. The van der Waals surface area contributed by atoms with Gasteiger partial charge in [-0.15, -0.1) is 0 Å². The lowest BCUT2D eigenvalue weighted by Gasteiger charge is -2.17. The molecule has 0 unspecified atom stereocenters.